The lowest BCUT2D eigenvalue weighted by Crippen LogP contribution is -2.13. The van der Waals surface area contributed by atoms with Crippen LogP contribution in [-0.4, -0.2) is 10.8 Å². The Balaban J connectivity index is 1.72. The first-order valence-corrected chi connectivity index (χ1v) is 8.37. The molecule has 0 unspecified atom stereocenters. The number of hydrogen-bond acceptors (Lipinski definition) is 4. The fourth-order valence-electron chi connectivity index (χ4n) is 2.62. The summed E-state index contributed by atoms with van der Waals surface area (Å²) in [7, 11) is 0. The number of nitrogens with zero attached hydrogens (tertiary/aromatic N) is 1. The van der Waals surface area contributed by atoms with Crippen LogP contribution in [0.2, 0.25) is 0 Å². The van der Waals surface area contributed by atoms with E-state index in [4.69, 9.17) is 4.74 Å². The molecule has 0 fully saturated rings. The molecule has 1 amide bonds. The van der Waals surface area contributed by atoms with Gasteiger partial charge in [-0.05, 0) is 36.8 Å². The van der Waals surface area contributed by atoms with Crippen molar-refractivity contribution in [3.8, 4) is 5.75 Å². The molecule has 0 aliphatic carbocycles. The molecule has 0 aromatic heterocycles. The molecule has 0 spiro atoms. The molecule has 0 saturated carbocycles. The minimum absolute atomic E-state index is 0.0345. The summed E-state index contributed by atoms with van der Waals surface area (Å²) < 4.78 is 5.74. The third-order valence-electron chi connectivity index (χ3n) is 4.09. The molecule has 0 aliphatic rings. The highest BCUT2D eigenvalue weighted by molar-refractivity contribution is 6.05. The average molecular weight is 362 g/mol. The van der Waals surface area contributed by atoms with Crippen LogP contribution in [0.5, 0.6) is 5.75 Å². The zero-order valence-corrected chi connectivity index (χ0v) is 14.7. The first-order valence-electron chi connectivity index (χ1n) is 8.37. The second kappa shape index (κ2) is 8.14. The van der Waals surface area contributed by atoms with E-state index in [-0.39, 0.29) is 11.6 Å². The molecule has 6 nitrogen and oxygen atoms in total. The Morgan fingerprint density at radius 1 is 1.04 bits per heavy atom. The predicted molar refractivity (Wildman–Crippen MR) is 103 cm³/mol. The molecular weight excluding hydrogens is 344 g/mol. The van der Waals surface area contributed by atoms with Crippen molar-refractivity contribution >= 4 is 17.3 Å². The number of rotatable bonds is 6. The third-order valence-corrected chi connectivity index (χ3v) is 4.09. The number of amides is 1. The zero-order valence-electron chi connectivity index (χ0n) is 14.7. The molecule has 3 rings (SSSR count). The SMILES string of the molecule is Cc1c(NC(=O)c2cccc(OCc3ccccc3)c2)cccc1[N+](=O)[O-]. The van der Waals surface area contributed by atoms with E-state index in [0.717, 1.165) is 5.56 Å². The summed E-state index contributed by atoms with van der Waals surface area (Å²) in [5.74, 6) is 0.214. The third kappa shape index (κ3) is 4.49. The second-order valence-corrected chi connectivity index (χ2v) is 5.96. The van der Waals surface area contributed by atoms with Crippen LogP contribution < -0.4 is 10.1 Å². The lowest BCUT2D eigenvalue weighted by Gasteiger charge is -2.10. The molecule has 0 aliphatic heterocycles. The van der Waals surface area contributed by atoms with Gasteiger partial charge >= 0.3 is 0 Å². The number of nitrogens with one attached hydrogen (secondary N) is 1. The highest BCUT2D eigenvalue weighted by Gasteiger charge is 2.15. The Bertz CT molecular complexity index is 971. The van der Waals surface area contributed by atoms with Crippen LogP contribution in [0.1, 0.15) is 21.5 Å². The van der Waals surface area contributed by atoms with E-state index in [1.54, 1.807) is 43.3 Å². The van der Waals surface area contributed by atoms with E-state index in [2.05, 4.69) is 5.32 Å². The van der Waals surface area contributed by atoms with Gasteiger partial charge < -0.3 is 10.1 Å². The van der Waals surface area contributed by atoms with Crippen molar-refractivity contribution < 1.29 is 14.5 Å². The monoisotopic (exact) mass is 362 g/mol. The van der Waals surface area contributed by atoms with Crippen LogP contribution in [0.15, 0.2) is 72.8 Å². The molecule has 0 saturated heterocycles. The summed E-state index contributed by atoms with van der Waals surface area (Å²) in [5, 5.41) is 13.8. The molecule has 0 radical (unpaired) electrons. The number of benzene rings is 3. The van der Waals surface area contributed by atoms with E-state index < -0.39 is 4.92 Å². The summed E-state index contributed by atoms with van der Waals surface area (Å²) in [5.41, 5.74) is 2.22. The van der Waals surface area contributed by atoms with Gasteiger partial charge in [-0.1, -0.05) is 42.5 Å². The van der Waals surface area contributed by atoms with Gasteiger partial charge in [0.15, 0.2) is 0 Å². The number of carbonyl (C=O) groups excluding carboxylic acids is 1. The van der Waals surface area contributed by atoms with Crippen molar-refractivity contribution in [2.45, 2.75) is 13.5 Å². The van der Waals surface area contributed by atoms with E-state index in [0.29, 0.717) is 29.2 Å². The highest BCUT2D eigenvalue weighted by atomic mass is 16.6. The summed E-state index contributed by atoms with van der Waals surface area (Å²) >= 11 is 0. The van der Waals surface area contributed by atoms with E-state index in [9.17, 15) is 14.9 Å². The van der Waals surface area contributed by atoms with Crippen molar-refractivity contribution in [3.63, 3.8) is 0 Å². The average Bonchev–Trinajstić information content (AvgIpc) is 2.69. The standard InChI is InChI=1S/C21H18N2O4/c1-15-19(11-6-12-20(15)23(25)26)22-21(24)17-9-5-10-18(13-17)27-14-16-7-3-2-4-8-16/h2-13H,14H2,1H3,(H,22,24). The molecule has 27 heavy (non-hydrogen) atoms. The molecule has 0 heterocycles. The maximum Gasteiger partial charge on any atom is 0.274 e. The fourth-order valence-corrected chi connectivity index (χ4v) is 2.62. The van der Waals surface area contributed by atoms with Gasteiger partial charge in [-0.15, -0.1) is 0 Å². The summed E-state index contributed by atoms with van der Waals surface area (Å²) in [6.45, 7) is 2.00. The van der Waals surface area contributed by atoms with Crippen LogP contribution in [0.4, 0.5) is 11.4 Å². The van der Waals surface area contributed by atoms with Crippen LogP contribution >= 0.6 is 0 Å². The number of nitro benzene ring substituents is 1. The van der Waals surface area contributed by atoms with Crippen molar-refractivity contribution in [2.75, 3.05) is 5.32 Å². The Kier molecular flexibility index (Phi) is 5.47. The lowest BCUT2D eigenvalue weighted by molar-refractivity contribution is -0.385. The lowest BCUT2D eigenvalue weighted by atomic mass is 10.1. The van der Waals surface area contributed by atoms with Gasteiger partial charge in [-0.3, -0.25) is 14.9 Å². The number of carbonyl (C=O) groups is 1. The summed E-state index contributed by atoms with van der Waals surface area (Å²) in [4.78, 5) is 23.1. The molecule has 3 aromatic carbocycles. The molecular formula is C21H18N2O4. The smallest absolute Gasteiger partial charge is 0.274 e. The fraction of sp³-hybridized carbons (Fsp3) is 0.0952. The number of hydrogen-bond donors (Lipinski definition) is 1. The molecule has 1 N–H and O–H groups in total. The molecule has 6 heteroatoms. The van der Waals surface area contributed by atoms with Crippen molar-refractivity contribution in [3.05, 3.63) is 99.6 Å². The maximum atomic E-state index is 12.5. The van der Waals surface area contributed by atoms with Crippen LogP contribution in [0, 0.1) is 17.0 Å². The largest absolute Gasteiger partial charge is 0.489 e. The van der Waals surface area contributed by atoms with E-state index >= 15 is 0 Å². The van der Waals surface area contributed by atoms with Gasteiger partial charge in [0.05, 0.1) is 16.2 Å². The first-order chi connectivity index (χ1) is 13.0. The normalized spacial score (nSPS) is 10.3. The summed E-state index contributed by atoms with van der Waals surface area (Å²) in [6.07, 6.45) is 0. The number of ether oxygens (including phenoxy) is 1. The van der Waals surface area contributed by atoms with Crippen LogP contribution in [0.25, 0.3) is 0 Å². The Hall–Kier alpha value is -3.67. The van der Waals surface area contributed by atoms with Gasteiger partial charge in [0.1, 0.15) is 12.4 Å². The second-order valence-electron chi connectivity index (χ2n) is 5.96. The highest BCUT2D eigenvalue weighted by Crippen LogP contribution is 2.26. The summed E-state index contributed by atoms with van der Waals surface area (Å²) in [6, 6.07) is 21.1. The van der Waals surface area contributed by atoms with Gasteiger partial charge in [0.2, 0.25) is 0 Å². The van der Waals surface area contributed by atoms with Crippen LogP contribution in [-0.2, 0) is 6.61 Å². The zero-order chi connectivity index (χ0) is 19.2. The van der Waals surface area contributed by atoms with Gasteiger partial charge in [-0.2, -0.15) is 0 Å². The quantitative estimate of drug-likeness (QED) is 0.507. The van der Waals surface area contributed by atoms with Gasteiger partial charge in [0, 0.05) is 11.6 Å². The van der Waals surface area contributed by atoms with Crippen molar-refractivity contribution in [1.29, 1.82) is 0 Å². The Morgan fingerprint density at radius 2 is 1.78 bits per heavy atom. The molecule has 0 bridgehead atoms. The van der Waals surface area contributed by atoms with Gasteiger partial charge in [-0.25, -0.2) is 0 Å². The Morgan fingerprint density at radius 3 is 2.52 bits per heavy atom. The minimum atomic E-state index is -0.469. The topological polar surface area (TPSA) is 81.5 Å². The molecule has 3 aromatic rings. The molecule has 0 atom stereocenters. The van der Waals surface area contributed by atoms with Crippen LogP contribution in [0.3, 0.4) is 0 Å². The molecule has 136 valence electrons. The Labute approximate surface area is 156 Å². The minimum Gasteiger partial charge on any atom is -0.489 e. The van der Waals surface area contributed by atoms with E-state index in [1.807, 2.05) is 30.3 Å². The van der Waals surface area contributed by atoms with E-state index in [1.165, 1.54) is 6.07 Å². The van der Waals surface area contributed by atoms with Gasteiger partial charge in [0.25, 0.3) is 11.6 Å². The van der Waals surface area contributed by atoms with Crippen molar-refractivity contribution in [2.24, 2.45) is 0 Å². The van der Waals surface area contributed by atoms with Crippen molar-refractivity contribution in [1.82, 2.24) is 0 Å². The first kappa shape index (κ1) is 18.1. The maximum absolute atomic E-state index is 12.5. The predicted octanol–water partition coefficient (Wildman–Crippen LogP) is 4.73. The number of anilines is 1. The number of nitro groups is 1.